The van der Waals surface area contributed by atoms with E-state index in [0.29, 0.717) is 0 Å². The van der Waals surface area contributed by atoms with Gasteiger partial charge in [-0.25, -0.2) is 0 Å². The largest absolute Gasteiger partial charge is 0.298 e. The molecule has 1 aliphatic rings. The molecule has 0 saturated heterocycles. The maximum atomic E-state index is 12.0. The molecule has 2 aromatic rings. The first-order valence-electron chi connectivity index (χ1n) is 6.62. The molecule has 96 valence electrons. The van der Waals surface area contributed by atoms with Crippen LogP contribution in [0, 0.1) is 0 Å². The lowest BCUT2D eigenvalue weighted by molar-refractivity contribution is -0.122. The summed E-state index contributed by atoms with van der Waals surface area (Å²) in [5, 5.41) is 0. The Morgan fingerprint density at radius 1 is 0.947 bits per heavy atom. The highest BCUT2D eigenvalue weighted by Crippen LogP contribution is 2.31. The fourth-order valence-electron chi connectivity index (χ4n) is 2.88. The smallest absolute Gasteiger partial charge is 0.151 e. The summed E-state index contributed by atoms with van der Waals surface area (Å²) in [5.74, 6) is 0.207. The molecule has 0 bridgehead atoms. The zero-order valence-electron chi connectivity index (χ0n) is 11.0. The molecule has 1 atom stereocenters. The molecule has 1 heterocycles. The second-order valence-corrected chi connectivity index (χ2v) is 5.10. The second kappa shape index (κ2) is 4.98. The fourth-order valence-corrected chi connectivity index (χ4v) is 2.88. The van der Waals surface area contributed by atoms with Crippen molar-refractivity contribution in [2.75, 3.05) is 0 Å². The van der Waals surface area contributed by atoms with Gasteiger partial charge in [-0.2, -0.15) is 0 Å². The van der Waals surface area contributed by atoms with Crippen molar-refractivity contribution in [1.82, 2.24) is 4.90 Å². The molecule has 0 N–H and O–H groups in total. The number of ketones is 1. The third-order valence-electron chi connectivity index (χ3n) is 3.73. The average Bonchev–Trinajstić information content (AvgIpc) is 2.82. The monoisotopic (exact) mass is 251 g/mol. The highest BCUT2D eigenvalue weighted by Gasteiger charge is 2.29. The van der Waals surface area contributed by atoms with E-state index in [9.17, 15) is 4.79 Å². The van der Waals surface area contributed by atoms with Crippen LogP contribution in [-0.4, -0.2) is 10.7 Å². The predicted octanol–water partition coefficient (Wildman–Crippen LogP) is 3.33. The number of hydrogen-bond donors (Lipinski definition) is 0. The van der Waals surface area contributed by atoms with Crippen molar-refractivity contribution in [2.24, 2.45) is 0 Å². The van der Waals surface area contributed by atoms with Crippen LogP contribution < -0.4 is 0 Å². The summed E-state index contributed by atoms with van der Waals surface area (Å²) < 4.78 is 0. The Hall–Kier alpha value is -1.93. The van der Waals surface area contributed by atoms with E-state index in [1.54, 1.807) is 6.92 Å². The molecule has 2 nitrogen and oxygen atoms in total. The van der Waals surface area contributed by atoms with Gasteiger partial charge in [0.05, 0.1) is 6.04 Å². The van der Waals surface area contributed by atoms with E-state index < -0.39 is 0 Å². The first-order chi connectivity index (χ1) is 9.25. The minimum atomic E-state index is -0.131. The average molecular weight is 251 g/mol. The first kappa shape index (κ1) is 12.1. The van der Waals surface area contributed by atoms with Crippen molar-refractivity contribution in [3.8, 4) is 0 Å². The number of benzene rings is 2. The molecule has 0 aliphatic carbocycles. The third-order valence-corrected chi connectivity index (χ3v) is 3.73. The molecule has 0 fully saturated rings. The van der Waals surface area contributed by atoms with Crippen molar-refractivity contribution in [1.29, 1.82) is 0 Å². The van der Waals surface area contributed by atoms with Crippen LogP contribution in [0.15, 0.2) is 54.6 Å². The Morgan fingerprint density at radius 3 is 2.00 bits per heavy atom. The van der Waals surface area contributed by atoms with Crippen LogP contribution in [0.2, 0.25) is 0 Å². The lowest BCUT2D eigenvalue weighted by Crippen LogP contribution is -2.28. The van der Waals surface area contributed by atoms with E-state index in [1.807, 2.05) is 30.3 Å². The molecule has 2 aromatic carbocycles. The molecule has 19 heavy (non-hydrogen) atoms. The lowest BCUT2D eigenvalue weighted by Gasteiger charge is -2.25. The summed E-state index contributed by atoms with van der Waals surface area (Å²) in [5.41, 5.74) is 3.76. The zero-order valence-corrected chi connectivity index (χ0v) is 11.0. The number of nitrogens with zero attached hydrogens (tertiary/aromatic N) is 1. The maximum Gasteiger partial charge on any atom is 0.151 e. The SMILES string of the molecule is CC(=O)C(c1ccccc1)N1Cc2ccccc2C1. The van der Waals surface area contributed by atoms with Gasteiger partial charge in [-0.1, -0.05) is 54.6 Å². The predicted molar refractivity (Wildman–Crippen MR) is 75.6 cm³/mol. The number of carbonyl (C=O) groups is 1. The van der Waals surface area contributed by atoms with E-state index in [0.717, 1.165) is 18.7 Å². The van der Waals surface area contributed by atoms with Crippen molar-refractivity contribution >= 4 is 5.78 Å². The number of hydrogen-bond acceptors (Lipinski definition) is 2. The minimum absolute atomic E-state index is 0.131. The number of carbonyl (C=O) groups excluding carboxylic acids is 1. The van der Waals surface area contributed by atoms with E-state index in [4.69, 9.17) is 0 Å². The van der Waals surface area contributed by atoms with Gasteiger partial charge in [-0.15, -0.1) is 0 Å². The van der Waals surface area contributed by atoms with Gasteiger partial charge >= 0.3 is 0 Å². The van der Waals surface area contributed by atoms with Crippen LogP contribution in [0.1, 0.15) is 29.7 Å². The van der Waals surface area contributed by atoms with E-state index in [2.05, 4.69) is 29.2 Å². The summed E-state index contributed by atoms with van der Waals surface area (Å²) in [6, 6.07) is 18.3. The third kappa shape index (κ3) is 2.32. The van der Waals surface area contributed by atoms with Crippen LogP contribution in [0.5, 0.6) is 0 Å². The van der Waals surface area contributed by atoms with Crippen LogP contribution in [0.3, 0.4) is 0 Å². The topological polar surface area (TPSA) is 20.3 Å². The quantitative estimate of drug-likeness (QED) is 0.834. The normalized spacial score (nSPS) is 16.1. The molecule has 0 aromatic heterocycles. The van der Waals surface area contributed by atoms with Crippen molar-refractivity contribution in [3.63, 3.8) is 0 Å². The van der Waals surface area contributed by atoms with Crippen molar-refractivity contribution in [3.05, 3.63) is 71.3 Å². The van der Waals surface area contributed by atoms with Crippen molar-refractivity contribution in [2.45, 2.75) is 26.1 Å². The Bertz CT molecular complexity index is 566. The van der Waals surface area contributed by atoms with Crippen molar-refractivity contribution < 1.29 is 4.79 Å². The second-order valence-electron chi connectivity index (χ2n) is 5.10. The zero-order chi connectivity index (χ0) is 13.2. The molecule has 3 rings (SSSR count). The first-order valence-corrected chi connectivity index (χ1v) is 6.62. The van der Waals surface area contributed by atoms with Crippen LogP contribution in [0.4, 0.5) is 0 Å². The maximum absolute atomic E-state index is 12.0. The molecular formula is C17H17NO. The van der Waals surface area contributed by atoms with Crippen LogP contribution in [0.25, 0.3) is 0 Å². The van der Waals surface area contributed by atoms with Crippen LogP contribution >= 0.6 is 0 Å². The molecule has 0 radical (unpaired) electrons. The van der Waals surface area contributed by atoms with Gasteiger partial charge in [0, 0.05) is 13.1 Å². The lowest BCUT2D eigenvalue weighted by atomic mass is 10.0. The summed E-state index contributed by atoms with van der Waals surface area (Å²) in [6.45, 7) is 3.39. The molecule has 0 saturated carbocycles. The Balaban J connectivity index is 1.91. The summed E-state index contributed by atoms with van der Waals surface area (Å²) in [7, 11) is 0. The van der Waals surface area contributed by atoms with Gasteiger partial charge in [0.1, 0.15) is 0 Å². The summed E-state index contributed by atoms with van der Waals surface area (Å²) in [6.07, 6.45) is 0. The van der Waals surface area contributed by atoms with Gasteiger partial charge in [0.15, 0.2) is 5.78 Å². The molecule has 1 aliphatic heterocycles. The molecular weight excluding hydrogens is 234 g/mol. The van der Waals surface area contributed by atoms with Gasteiger partial charge in [-0.05, 0) is 23.6 Å². The Morgan fingerprint density at radius 2 is 1.47 bits per heavy atom. The standard InChI is InChI=1S/C17H17NO/c1-13(19)17(14-7-3-2-4-8-14)18-11-15-9-5-6-10-16(15)12-18/h2-10,17H,11-12H2,1H3. The number of rotatable bonds is 3. The summed E-state index contributed by atoms with van der Waals surface area (Å²) in [4.78, 5) is 14.3. The number of Topliss-reactive ketones (excluding diaryl/α,β-unsaturated/α-hetero) is 1. The Kier molecular flexibility index (Phi) is 3.18. The van der Waals surface area contributed by atoms with E-state index in [-0.39, 0.29) is 11.8 Å². The van der Waals surface area contributed by atoms with E-state index in [1.165, 1.54) is 11.1 Å². The molecule has 0 spiro atoms. The highest BCUT2D eigenvalue weighted by molar-refractivity contribution is 5.83. The highest BCUT2D eigenvalue weighted by atomic mass is 16.1. The van der Waals surface area contributed by atoms with E-state index >= 15 is 0 Å². The fraction of sp³-hybridized carbons (Fsp3) is 0.235. The molecule has 2 heteroatoms. The van der Waals surface area contributed by atoms with Gasteiger partial charge < -0.3 is 0 Å². The van der Waals surface area contributed by atoms with Crippen LogP contribution in [-0.2, 0) is 17.9 Å². The van der Waals surface area contributed by atoms with Gasteiger partial charge in [-0.3, -0.25) is 9.69 Å². The number of fused-ring (bicyclic) bond motifs is 1. The summed E-state index contributed by atoms with van der Waals surface area (Å²) >= 11 is 0. The minimum Gasteiger partial charge on any atom is -0.298 e. The molecule has 0 amide bonds. The Labute approximate surface area is 113 Å². The van der Waals surface area contributed by atoms with Gasteiger partial charge in [0.2, 0.25) is 0 Å². The van der Waals surface area contributed by atoms with Gasteiger partial charge in [0.25, 0.3) is 0 Å². The molecule has 1 unspecified atom stereocenters.